The monoisotopic (exact) mass is 256 g/mol. The van der Waals surface area contributed by atoms with Gasteiger partial charge in [0.25, 0.3) is 5.91 Å². The average molecular weight is 257 g/mol. The van der Waals surface area contributed by atoms with Crippen molar-refractivity contribution in [3.05, 3.63) is 29.0 Å². The van der Waals surface area contributed by atoms with Gasteiger partial charge in [-0.1, -0.05) is 24.6 Å². The predicted octanol–water partition coefficient (Wildman–Crippen LogP) is 1.58. The molecule has 0 saturated carbocycles. The maximum absolute atomic E-state index is 11.6. The first-order valence-corrected chi connectivity index (χ1v) is 5.56. The highest BCUT2D eigenvalue weighted by atomic mass is 35.5. The highest BCUT2D eigenvalue weighted by Gasteiger charge is 2.16. The molecule has 1 rings (SSSR count). The maximum Gasteiger partial charge on any atom is 0.308 e. The molecule has 5 nitrogen and oxygen atoms in total. The summed E-state index contributed by atoms with van der Waals surface area (Å²) in [6.07, 6.45) is 0.457. The van der Waals surface area contributed by atoms with Gasteiger partial charge in [-0.05, 0) is 18.6 Å². The van der Waals surface area contributed by atoms with E-state index >= 15 is 0 Å². The molecule has 1 heterocycles. The lowest BCUT2D eigenvalue weighted by Crippen LogP contribution is -2.33. The van der Waals surface area contributed by atoms with Crippen molar-refractivity contribution >= 4 is 23.5 Å². The highest BCUT2D eigenvalue weighted by Crippen LogP contribution is 2.06. The van der Waals surface area contributed by atoms with Gasteiger partial charge in [0, 0.05) is 6.54 Å². The number of aromatic nitrogens is 1. The van der Waals surface area contributed by atoms with Crippen molar-refractivity contribution in [1.82, 2.24) is 10.3 Å². The molecule has 0 aliphatic rings. The van der Waals surface area contributed by atoms with Gasteiger partial charge in [-0.2, -0.15) is 0 Å². The number of carbonyl (C=O) groups excluding carboxylic acids is 1. The zero-order valence-electron chi connectivity index (χ0n) is 9.31. The Morgan fingerprint density at radius 1 is 1.53 bits per heavy atom. The summed E-state index contributed by atoms with van der Waals surface area (Å²) in [4.78, 5) is 26.2. The fourth-order valence-corrected chi connectivity index (χ4v) is 1.41. The Kier molecular flexibility index (Phi) is 4.90. The van der Waals surface area contributed by atoms with Crippen LogP contribution in [0.15, 0.2) is 18.2 Å². The average Bonchev–Trinajstić information content (AvgIpc) is 2.29. The molecular weight excluding hydrogens is 244 g/mol. The number of hydrogen-bond acceptors (Lipinski definition) is 3. The van der Waals surface area contributed by atoms with E-state index in [2.05, 4.69) is 10.3 Å². The molecule has 0 aromatic carbocycles. The molecule has 2 N–H and O–H groups in total. The number of nitrogens with one attached hydrogen (secondary N) is 1. The Bertz CT molecular complexity index is 423. The number of carboxylic acid groups (broad SMARTS) is 1. The van der Waals surface area contributed by atoms with E-state index in [4.69, 9.17) is 16.7 Å². The third-order valence-corrected chi connectivity index (χ3v) is 2.51. The quantitative estimate of drug-likeness (QED) is 0.784. The van der Waals surface area contributed by atoms with Crippen molar-refractivity contribution in [2.75, 3.05) is 6.54 Å². The summed E-state index contributed by atoms with van der Waals surface area (Å²) in [5.74, 6) is -1.93. The summed E-state index contributed by atoms with van der Waals surface area (Å²) in [6.45, 7) is 1.83. The van der Waals surface area contributed by atoms with Crippen molar-refractivity contribution in [1.29, 1.82) is 0 Å². The first kappa shape index (κ1) is 13.4. The van der Waals surface area contributed by atoms with Gasteiger partial charge in [0.2, 0.25) is 0 Å². The normalized spacial score (nSPS) is 11.9. The van der Waals surface area contributed by atoms with Crippen LogP contribution >= 0.6 is 11.6 Å². The molecule has 92 valence electrons. The lowest BCUT2D eigenvalue weighted by molar-refractivity contribution is -0.141. The first-order chi connectivity index (χ1) is 8.04. The molecule has 1 aromatic rings. The van der Waals surface area contributed by atoms with Crippen molar-refractivity contribution in [3.63, 3.8) is 0 Å². The first-order valence-electron chi connectivity index (χ1n) is 5.18. The summed E-state index contributed by atoms with van der Waals surface area (Å²) in [6, 6.07) is 4.69. The van der Waals surface area contributed by atoms with Gasteiger partial charge in [0.1, 0.15) is 10.8 Å². The van der Waals surface area contributed by atoms with Crippen LogP contribution in [-0.2, 0) is 4.79 Å². The van der Waals surface area contributed by atoms with Gasteiger partial charge in [0.15, 0.2) is 0 Å². The second-order valence-corrected chi connectivity index (χ2v) is 3.89. The molecule has 0 aliphatic carbocycles. The Balaban J connectivity index is 2.58. The predicted molar refractivity (Wildman–Crippen MR) is 63.0 cm³/mol. The van der Waals surface area contributed by atoms with Crippen molar-refractivity contribution in [2.45, 2.75) is 13.3 Å². The molecule has 0 bridgehead atoms. The van der Waals surface area contributed by atoms with E-state index in [0.29, 0.717) is 6.42 Å². The Labute approximate surface area is 104 Å². The zero-order chi connectivity index (χ0) is 12.8. The van der Waals surface area contributed by atoms with Crippen LogP contribution in [0.2, 0.25) is 5.15 Å². The van der Waals surface area contributed by atoms with E-state index in [9.17, 15) is 9.59 Å². The summed E-state index contributed by atoms with van der Waals surface area (Å²) in [7, 11) is 0. The Morgan fingerprint density at radius 2 is 2.24 bits per heavy atom. The van der Waals surface area contributed by atoms with Crippen LogP contribution in [0.25, 0.3) is 0 Å². The number of aliphatic carboxylic acids is 1. The second kappa shape index (κ2) is 6.20. The fourth-order valence-electron chi connectivity index (χ4n) is 1.25. The molecule has 1 amide bonds. The number of carbonyl (C=O) groups is 2. The third-order valence-electron chi connectivity index (χ3n) is 2.30. The molecule has 17 heavy (non-hydrogen) atoms. The van der Waals surface area contributed by atoms with Crippen LogP contribution in [0.4, 0.5) is 0 Å². The topological polar surface area (TPSA) is 79.3 Å². The van der Waals surface area contributed by atoms with Crippen molar-refractivity contribution in [3.8, 4) is 0 Å². The Morgan fingerprint density at radius 3 is 2.76 bits per heavy atom. The van der Waals surface area contributed by atoms with Crippen LogP contribution < -0.4 is 5.32 Å². The number of amides is 1. The van der Waals surface area contributed by atoms with Crippen LogP contribution in [0.5, 0.6) is 0 Å². The lowest BCUT2D eigenvalue weighted by Gasteiger charge is -2.10. The largest absolute Gasteiger partial charge is 0.481 e. The van der Waals surface area contributed by atoms with Crippen LogP contribution in [0.3, 0.4) is 0 Å². The molecule has 1 atom stereocenters. The minimum Gasteiger partial charge on any atom is -0.481 e. The number of rotatable bonds is 5. The molecular formula is C11H13ClN2O3. The second-order valence-electron chi connectivity index (χ2n) is 3.50. The number of halogens is 1. The SMILES string of the molecule is CCC(CNC(=O)c1cccc(Cl)n1)C(=O)O. The number of nitrogens with zero attached hydrogens (tertiary/aromatic N) is 1. The molecule has 0 radical (unpaired) electrons. The lowest BCUT2D eigenvalue weighted by atomic mass is 10.1. The molecule has 6 heteroatoms. The summed E-state index contributed by atoms with van der Waals surface area (Å²) in [5.41, 5.74) is 0.178. The van der Waals surface area contributed by atoms with Crippen LogP contribution in [-0.4, -0.2) is 28.5 Å². The van der Waals surface area contributed by atoms with Gasteiger partial charge in [-0.3, -0.25) is 9.59 Å². The zero-order valence-corrected chi connectivity index (χ0v) is 10.1. The summed E-state index contributed by atoms with van der Waals surface area (Å²) >= 11 is 5.64. The van der Waals surface area contributed by atoms with Crippen LogP contribution in [0, 0.1) is 5.92 Å². The summed E-state index contributed by atoms with van der Waals surface area (Å²) in [5, 5.41) is 11.6. The van der Waals surface area contributed by atoms with Gasteiger partial charge < -0.3 is 10.4 Å². The van der Waals surface area contributed by atoms with E-state index in [1.807, 2.05) is 0 Å². The highest BCUT2D eigenvalue weighted by molar-refractivity contribution is 6.29. The van der Waals surface area contributed by atoms with Gasteiger partial charge in [-0.15, -0.1) is 0 Å². The van der Waals surface area contributed by atoms with E-state index in [1.54, 1.807) is 19.1 Å². The Hall–Kier alpha value is -1.62. The summed E-state index contributed by atoms with van der Waals surface area (Å²) < 4.78 is 0. The van der Waals surface area contributed by atoms with E-state index in [0.717, 1.165) is 0 Å². The molecule has 1 aromatic heterocycles. The molecule has 0 spiro atoms. The van der Waals surface area contributed by atoms with Gasteiger partial charge >= 0.3 is 5.97 Å². The van der Waals surface area contributed by atoms with E-state index in [-0.39, 0.29) is 17.4 Å². The fraction of sp³-hybridized carbons (Fsp3) is 0.364. The third kappa shape index (κ3) is 4.03. The minimum absolute atomic E-state index is 0.0822. The van der Waals surface area contributed by atoms with Crippen LogP contribution in [0.1, 0.15) is 23.8 Å². The van der Waals surface area contributed by atoms with Crippen molar-refractivity contribution < 1.29 is 14.7 Å². The molecule has 0 saturated heterocycles. The number of carboxylic acids is 1. The molecule has 0 aliphatic heterocycles. The van der Waals surface area contributed by atoms with Gasteiger partial charge in [0.05, 0.1) is 5.92 Å². The molecule has 0 fully saturated rings. The van der Waals surface area contributed by atoms with Crippen molar-refractivity contribution in [2.24, 2.45) is 5.92 Å². The van der Waals surface area contributed by atoms with E-state index < -0.39 is 17.8 Å². The smallest absolute Gasteiger partial charge is 0.308 e. The minimum atomic E-state index is -0.924. The van der Waals surface area contributed by atoms with Gasteiger partial charge in [-0.25, -0.2) is 4.98 Å². The number of pyridine rings is 1. The standard InChI is InChI=1S/C11H13ClN2O3/c1-2-7(11(16)17)6-13-10(15)8-4-3-5-9(12)14-8/h3-5,7H,2,6H2,1H3,(H,13,15)(H,16,17). The maximum atomic E-state index is 11.6. The molecule has 1 unspecified atom stereocenters. The number of hydrogen-bond donors (Lipinski definition) is 2. The van der Waals surface area contributed by atoms with E-state index in [1.165, 1.54) is 6.07 Å².